The molecule has 234 valence electrons. The monoisotopic (exact) mass is 556 g/mol. The summed E-state index contributed by atoms with van der Waals surface area (Å²) in [6.07, 6.45) is 52.4. The van der Waals surface area contributed by atoms with E-state index in [0.717, 1.165) is 12.8 Å². The summed E-state index contributed by atoms with van der Waals surface area (Å²) in [5.41, 5.74) is 0. The van der Waals surface area contributed by atoms with E-state index in [1.165, 1.54) is 167 Å². The Morgan fingerprint density at radius 1 is 0.300 bits per heavy atom. The van der Waals surface area contributed by atoms with Crippen molar-refractivity contribution in [2.24, 2.45) is 0 Å². The van der Waals surface area contributed by atoms with Crippen LogP contribution in [-0.2, 0) is 0 Å². The van der Waals surface area contributed by atoms with Crippen molar-refractivity contribution in [1.82, 2.24) is 4.90 Å². The van der Waals surface area contributed by atoms with Crippen molar-refractivity contribution in [3.63, 3.8) is 0 Å². The van der Waals surface area contributed by atoms with Crippen LogP contribution in [0.1, 0.15) is 181 Å². The van der Waals surface area contributed by atoms with Gasteiger partial charge in [0.2, 0.25) is 0 Å². The Kier molecular flexibility index (Phi) is 35.0. The molecule has 0 fully saturated rings. The fourth-order valence-corrected chi connectivity index (χ4v) is 5.30. The van der Waals surface area contributed by atoms with Crippen LogP contribution in [0, 0.1) is 0 Å². The Hall–Kier alpha value is -1.08. The summed E-state index contributed by atoms with van der Waals surface area (Å²) < 4.78 is 0. The molecule has 0 amide bonds. The topological polar surface area (TPSA) is 3.24 Å². The quantitative estimate of drug-likeness (QED) is 0.0589. The Morgan fingerprint density at radius 3 is 0.975 bits per heavy atom. The largest absolute Gasteiger partial charge is 0.303 e. The smallest absolute Gasteiger partial charge is 0.00187 e. The molecule has 1 nitrogen and oxygen atoms in total. The van der Waals surface area contributed by atoms with Gasteiger partial charge in [0.1, 0.15) is 0 Å². The summed E-state index contributed by atoms with van der Waals surface area (Å²) in [6.45, 7) is 10.8. The molecule has 0 rings (SSSR count). The maximum atomic E-state index is 2.74. The van der Waals surface area contributed by atoms with Crippen LogP contribution >= 0.6 is 0 Å². The zero-order valence-electron chi connectivity index (χ0n) is 27.9. The van der Waals surface area contributed by atoms with Gasteiger partial charge in [-0.15, -0.1) is 0 Å². The Morgan fingerprint density at radius 2 is 0.625 bits per heavy atom. The van der Waals surface area contributed by atoms with E-state index in [2.05, 4.69) is 74.3 Å². The zero-order chi connectivity index (χ0) is 29.0. The number of allylic oxidation sites excluding steroid dienone is 8. The van der Waals surface area contributed by atoms with Crippen molar-refractivity contribution in [3.8, 4) is 0 Å². The lowest BCUT2D eigenvalue weighted by atomic mass is 10.1. The molecule has 0 aromatic heterocycles. The molecule has 0 heterocycles. The van der Waals surface area contributed by atoms with Crippen molar-refractivity contribution in [2.45, 2.75) is 181 Å². The molecule has 0 aliphatic heterocycles. The fraction of sp³-hybridized carbons (Fsp3) is 0.795. The highest BCUT2D eigenvalue weighted by Gasteiger charge is 2.03. The maximum absolute atomic E-state index is 2.74. The van der Waals surface area contributed by atoms with Crippen LogP contribution in [-0.4, -0.2) is 24.5 Å². The molecule has 0 aromatic carbocycles. The Labute approximate surface area is 254 Å². The summed E-state index contributed by atoms with van der Waals surface area (Å²) in [5, 5.41) is 0. The Balaban J connectivity index is 3.51. The lowest BCUT2D eigenvalue weighted by molar-refractivity contribution is 0.260. The molecule has 0 radical (unpaired) electrons. The second kappa shape index (κ2) is 35.9. The summed E-state index contributed by atoms with van der Waals surface area (Å²) in [4.78, 5) is 2.74. The molecular weight excluding hydrogens is 482 g/mol. The van der Waals surface area contributed by atoms with Gasteiger partial charge in [0.25, 0.3) is 0 Å². The lowest BCUT2D eigenvalue weighted by Crippen LogP contribution is -2.27. The van der Waals surface area contributed by atoms with Gasteiger partial charge in [-0.2, -0.15) is 0 Å². The minimum absolute atomic E-state index is 1.12. The van der Waals surface area contributed by atoms with E-state index in [1.54, 1.807) is 0 Å². The van der Waals surface area contributed by atoms with Gasteiger partial charge in [0.05, 0.1) is 0 Å². The van der Waals surface area contributed by atoms with Crippen molar-refractivity contribution >= 4 is 0 Å². The predicted octanol–water partition coefficient (Wildman–Crippen LogP) is 13.3. The van der Waals surface area contributed by atoms with E-state index < -0.39 is 0 Å². The first-order chi connectivity index (χ1) is 19.8. The van der Waals surface area contributed by atoms with Crippen LogP contribution in [0.15, 0.2) is 48.6 Å². The molecule has 0 bridgehead atoms. The van der Waals surface area contributed by atoms with Crippen LogP contribution in [0.2, 0.25) is 0 Å². The SMILES string of the molecule is CCCCC/C=C\C/C=C\CCCCCCCCCN(CCC)CCCCCCC/C=C\C/C=C\CCCCC. The van der Waals surface area contributed by atoms with Crippen LogP contribution in [0.4, 0.5) is 0 Å². The van der Waals surface area contributed by atoms with Crippen LogP contribution in [0.3, 0.4) is 0 Å². The van der Waals surface area contributed by atoms with E-state index in [9.17, 15) is 0 Å². The summed E-state index contributed by atoms with van der Waals surface area (Å²) in [5.74, 6) is 0. The highest BCUT2D eigenvalue weighted by Crippen LogP contribution is 2.12. The van der Waals surface area contributed by atoms with Gasteiger partial charge in [-0.3, -0.25) is 0 Å². The zero-order valence-corrected chi connectivity index (χ0v) is 27.9. The van der Waals surface area contributed by atoms with E-state index in [-0.39, 0.29) is 0 Å². The predicted molar refractivity (Wildman–Crippen MR) is 185 cm³/mol. The minimum atomic E-state index is 1.12. The molecule has 1 heteroatoms. The third-order valence-electron chi connectivity index (χ3n) is 7.89. The minimum Gasteiger partial charge on any atom is -0.303 e. The number of rotatable bonds is 32. The number of hydrogen-bond donors (Lipinski definition) is 0. The summed E-state index contributed by atoms with van der Waals surface area (Å²) in [6, 6.07) is 0. The molecule has 0 saturated heterocycles. The highest BCUT2D eigenvalue weighted by atomic mass is 15.1. The van der Waals surface area contributed by atoms with Crippen molar-refractivity contribution in [3.05, 3.63) is 48.6 Å². The number of unbranched alkanes of at least 4 members (excludes halogenated alkanes) is 18. The van der Waals surface area contributed by atoms with E-state index in [1.807, 2.05) is 0 Å². The molecule has 0 saturated carbocycles. The third-order valence-corrected chi connectivity index (χ3v) is 7.89. The standard InChI is InChI=1S/C39H73N/c1-4-7-9-11-13-15-17-19-21-22-24-26-28-30-32-34-36-39-40(37-6-3)38-35-33-31-29-27-25-23-20-18-16-14-12-10-8-5-2/h13-16,19-21,23H,4-12,17-18,22,24-39H2,1-3H3/b15-13-,16-14-,21-19-,23-20-. The first kappa shape index (κ1) is 38.9. The first-order valence-electron chi connectivity index (χ1n) is 18.2. The lowest BCUT2D eigenvalue weighted by Gasteiger charge is -2.21. The molecule has 0 atom stereocenters. The van der Waals surface area contributed by atoms with Gasteiger partial charge >= 0.3 is 0 Å². The third kappa shape index (κ3) is 33.1. The molecular formula is C39H73N. The summed E-state index contributed by atoms with van der Waals surface area (Å²) in [7, 11) is 0. The van der Waals surface area contributed by atoms with Crippen LogP contribution in [0.25, 0.3) is 0 Å². The van der Waals surface area contributed by atoms with Crippen molar-refractivity contribution < 1.29 is 0 Å². The first-order valence-corrected chi connectivity index (χ1v) is 18.2. The molecule has 0 aromatic rings. The van der Waals surface area contributed by atoms with Gasteiger partial charge in [0.15, 0.2) is 0 Å². The van der Waals surface area contributed by atoms with Crippen molar-refractivity contribution in [1.29, 1.82) is 0 Å². The van der Waals surface area contributed by atoms with Gasteiger partial charge in [-0.25, -0.2) is 0 Å². The van der Waals surface area contributed by atoms with Crippen molar-refractivity contribution in [2.75, 3.05) is 19.6 Å². The van der Waals surface area contributed by atoms with Gasteiger partial charge in [-0.05, 0) is 103 Å². The second-order valence-corrected chi connectivity index (χ2v) is 12.0. The number of hydrogen-bond acceptors (Lipinski definition) is 1. The average molecular weight is 556 g/mol. The Bertz CT molecular complexity index is 569. The maximum Gasteiger partial charge on any atom is -0.00187 e. The van der Waals surface area contributed by atoms with Gasteiger partial charge in [-0.1, -0.05) is 146 Å². The molecule has 0 aliphatic carbocycles. The normalized spacial score (nSPS) is 12.5. The molecule has 0 spiro atoms. The van der Waals surface area contributed by atoms with Crippen LogP contribution in [0.5, 0.6) is 0 Å². The van der Waals surface area contributed by atoms with E-state index >= 15 is 0 Å². The number of nitrogens with zero attached hydrogens (tertiary/aromatic N) is 1. The molecule has 40 heavy (non-hydrogen) atoms. The van der Waals surface area contributed by atoms with E-state index in [0.29, 0.717) is 0 Å². The highest BCUT2D eigenvalue weighted by molar-refractivity contribution is 4.93. The fourth-order valence-electron chi connectivity index (χ4n) is 5.30. The van der Waals surface area contributed by atoms with Gasteiger partial charge in [0, 0.05) is 0 Å². The van der Waals surface area contributed by atoms with Gasteiger partial charge < -0.3 is 4.90 Å². The average Bonchev–Trinajstić information content (AvgIpc) is 2.96. The van der Waals surface area contributed by atoms with E-state index in [4.69, 9.17) is 0 Å². The van der Waals surface area contributed by atoms with Crippen LogP contribution < -0.4 is 0 Å². The summed E-state index contributed by atoms with van der Waals surface area (Å²) >= 11 is 0. The molecule has 0 N–H and O–H groups in total. The second-order valence-electron chi connectivity index (χ2n) is 12.0. The molecule has 0 unspecified atom stereocenters. The molecule has 0 aliphatic rings.